The van der Waals surface area contributed by atoms with Crippen LogP contribution in [0.25, 0.3) is 0 Å². The van der Waals surface area contributed by atoms with Gasteiger partial charge in [-0.3, -0.25) is 0 Å². The molecule has 0 aromatic carbocycles. The van der Waals surface area contributed by atoms with E-state index >= 15 is 0 Å². The predicted molar refractivity (Wildman–Crippen MR) is 63.2 cm³/mol. The summed E-state index contributed by atoms with van der Waals surface area (Å²) in [6, 6.07) is 2.04. The lowest BCUT2D eigenvalue weighted by Crippen LogP contribution is -2.26. The van der Waals surface area contributed by atoms with E-state index in [2.05, 4.69) is 10.3 Å². The van der Waals surface area contributed by atoms with E-state index in [0.717, 1.165) is 18.7 Å². The van der Waals surface area contributed by atoms with Gasteiger partial charge in [0.2, 0.25) is 0 Å². The van der Waals surface area contributed by atoms with E-state index in [-0.39, 0.29) is 12.6 Å². The summed E-state index contributed by atoms with van der Waals surface area (Å²) < 4.78 is 37.0. The van der Waals surface area contributed by atoms with Crippen LogP contribution in [-0.2, 0) is 6.18 Å². The summed E-state index contributed by atoms with van der Waals surface area (Å²) in [7, 11) is 0. The van der Waals surface area contributed by atoms with Crippen LogP contribution < -0.4 is 5.32 Å². The number of rotatable bonds is 5. The lowest BCUT2D eigenvalue weighted by molar-refractivity contribution is -0.137. The molecule has 102 valence electrons. The summed E-state index contributed by atoms with van der Waals surface area (Å²) in [5.41, 5.74) is -0.780. The van der Waals surface area contributed by atoms with Crippen LogP contribution >= 0.6 is 0 Å². The van der Waals surface area contributed by atoms with Crippen LogP contribution in [0.2, 0.25) is 0 Å². The Morgan fingerprint density at radius 1 is 1.33 bits per heavy atom. The van der Waals surface area contributed by atoms with Crippen molar-refractivity contribution in [2.45, 2.75) is 32.5 Å². The number of hydrogen-bond acceptors (Lipinski definition) is 3. The predicted octanol–water partition coefficient (Wildman–Crippen LogP) is 2.92. The maximum Gasteiger partial charge on any atom is 0.417 e. The molecule has 1 aromatic heterocycles. The Morgan fingerprint density at radius 3 is 2.39 bits per heavy atom. The fraction of sp³-hybridized carbons (Fsp3) is 0.583. The van der Waals surface area contributed by atoms with Gasteiger partial charge < -0.3 is 10.4 Å². The molecule has 1 rings (SSSR count). The lowest BCUT2D eigenvalue weighted by atomic mass is 10.0. The van der Waals surface area contributed by atoms with Crippen molar-refractivity contribution < 1.29 is 18.3 Å². The number of nitrogens with zero attached hydrogens (tertiary/aromatic N) is 1. The number of anilines is 1. The molecule has 0 saturated carbocycles. The topological polar surface area (TPSA) is 45.1 Å². The molecule has 0 bridgehead atoms. The highest BCUT2D eigenvalue weighted by Gasteiger charge is 2.30. The average molecular weight is 262 g/mol. The van der Waals surface area contributed by atoms with E-state index in [4.69, 9.17) is 5.11 Å². The molecular formula is C12H17F3N2O. The third kappa shape index (κ3) is 4.52. The average Bonchev–Trinajstić information content (AvgIpc) is 2.27. The van der Waals surface area contributed by atoms with Crippen molar-refractivity contribution in [3.8, 4) is 0 Å². The first kappa shape index (κ1) is 14.8. The minimum absolute atomic E-state index is 0.0825. The number of aliphatic hydroxyl groups excluding tert-OH is 1. The minimum atomic E-state index is -4.38. The van der Waals surface area contributed by atoms with Gasteiger partial charge >= 0.3 is 6.18 Å². The van der Waals surface area contributed by atoms with Gasteiger partial charge in [0.1, 0.15) is 5.82 Å². The molecule has 1 aromatic rings. The summed E-state index contributed by atoms with van der Waals surface area (Å²) in [5, 5.41) is 12.1. The zero-order valence-electron chi connectivity index (χ0n) is 10.3. The second-order valence-electron chi connectivity index (χ2n) is 4.58. The molecule has 6 heteroatoms. The quantitative estimate of drug-likeness (QED) is 0.857. The molecule has 0 aliphatic rings. The van der Waals surface area contributed by atoms with Crippen molar-refractivity contribution in [1.29, 1.82) is 0 Å². The number of aromatic nitrogens is 1. The van der Waals surface area contributed by atoms with Crippen LogP contribution in [0.3, 0.4) is 0 Å². The van der Waals surface area contributed by atoms with Crippen molar-refractivity contribution in [2.24, 2.45) is 5.92 Å². The number of aliphatic hydroxyl groups is 1. The van der Waals surface area contributed by atoms with E-state index < -0.39 is 11.7 Å². The molecule has 2 N–H and O–H groups in total. The minimum Gasteiger partial charge on any atom is -0.394 e. The van der Waals surface area contributed by atoms with Crippen LogP contribution in [0.1, 0.15) is 25.8 Å². The third-order valence-electron chi connectivity index (χ3n) is 2.42. The first-order valence-electron chi connectivity index (χ1n) is 5.73. The van der Waals surface area contributed by atoms with Gasteiger partial charge in [-0.05, 0) is 24.5 Å². The van der Waals surface area contributed by atoms with Crippen molar-refractivity contribution in [3.05, 3.63) is 23.9 Å². The molecule has 1 unspecified atom stereocenters. The first-order valence-corrected chi connectivity index (χ1v) is 5.73. The maximum atomic E-state index is 12.3. The summed E-state index contributed by atoms with van der Waals surface area (Å²) in [4.78, 5) is 3.70. The largest absolute Gasteiger partial charge is 0.417 e. The van der Waals surface area contributed by atoms with Gasteiger partial charge in [-0.1, -0.05) is 13.8 Å². The molecule has 0 radical (unpaired) electrons. The standard InChI is InChI=1S/C12H17F3N2O/c1-8(2)5-10(7-18)17-11-4-3-9(6-16-11)12(13,14)15/h3-4,6,8,10,18H,5,7H2,1-2H3,(H,16,17). The fourth-order valence-electron chi connectivity index (χ4n) is 1.60. The van der Waals surface area contributed by atoms with E-state index in [0.29, 0.717) is 11.7 Å². The normalized spacial score (nSPS) is 13.7. The van der Waals surface area contributed by atoms with Gasteiger partial charge in [0.15, 0.2) is 0 Å². The highest BCUT2D eigenvalue weighted by molar-refractivity contribution is 5.37. The smallest absolute Gasteiger partial charge is 0.394 e. The maximum absolute atomic E-state index is 12.3. The van der Waals surface area contributed by atoms with Gasteiger partial charge in [0.25, 0.3) is 0 Å². The zero-order chi connectivity index (χ0) is 13.8. The highest BCUT2D eigenvalue weighted by Crippen LogP contribution is 2.28. The lowest BCUT2D eigenvalue weighted by Gasteiger charge is -2.19. The van der Waals surface area contributed by atoms with Gasteiger partial charge in [0, 0.05) is 6.20 Å². The Kier molecular flexibility index (Phi) is 4.95. The molecule has 0 aliphatic heterocycles. The van der Waals surface area contributed by atoms with Crippen LogP contribution in [0.4, 0.5) is 19.0 Å². The molecule has 3 nitrogen and oxygen atoms in total. The highest BCUT2D eigenvalue weighted by atomic mass is 19.4. The Hall–Kier alpha value is -1.30. The Balaban J connectivity index is 2.68. The Bertz CT molecular complexity index is 363. The molecule has 0 aliphatic carbocycles. The summed E-state index contributed by atoms with van der Waals surface area (Å²) in [5.74, 6) is 0.715. The van der Waals surface area contributed by atoms with Gasteiger partial charge in [-0.15, -0.1) is 0 Å². The molecule has 0 saturated heterocycles. The molecular weight excluding hydrogens is 245 g/mol. The molecule has 1 atom stereocenters. The molecule has 0 spiro atoms. The fourth-order valence-corrected chi connectivity index (χ4v) is 1.60. The monoisotopic (exact) mass is 262 g/mol. The van der Waals surface area contributed by atoms with Crippen LogP contribution in [-0.4, -0.2) is 22.7 Å². The Morgan fingerprint density at radius 2 is 2.00 bits per heavy atom. The number of alkyl halides is 3. The second kappa shape index (κ2) is 6.04. The molecule has 18 heavy (non-hydrogen) atoms. The number of hydrogen-bond donors (Lipinski definition) is 2. The van der Waals surface area contributed by atoms with Crippen molar-refractivity contribution in [2.75, 3.05) is 11.9 Å². The van der Waals surface area contributed by atoms with Crippen molar-refractivity contribution >= 4 is 5.82 Å². The summed E-state index contributed by atoms with van der Waals surface area (Å²) in [6.45, 7) is 3.93. The van der Waals surface area contributed by atoms with Crippen LogP contribution in [0, 0.1) is 5.92 Å². The van der Waals surface area contributed by atoms with Gasteiger partial charge in [-0.25, -0.2) is 4.98 Å². The van der Waals surface area contributed by atoms with E-state index in [9.17, 15) is 13.2 Å². The van der Waals surface area contributed by atoms with E-state index in [1.165, 1.54) is 6.07 Å². The van der Waals surface area contributed by atoms with Crippen LogP contribution in [0.15, 0.2) is 18.3 Å². The molecule has 0 fully saturated rings. The van der Waals surface area contributed by atoms with E-state index in [1.54, 1.807) is 0 Å². The SMILES string of the molecule is CC(C)CC(CO)Nc1ccc(C(F)(F)F)cn1. The van der Waals surface area contributed by atoms with Gasteiger partial charge in [0.05, 0.1) is 18.2 Å². The zero-order valence-corrected chi connectivity index (χ0v) is 10.3. The van der Waals surface area contributed by atoms with Crippen molar-refractivity contribution in [1.82, 2.24) is 4.98 Å². The first-order chi connectivity index (χ1) is 8.32. The van der Waals surface area contributed by atoms with E-state index in [1.807, 2.05) is 13.8 Å². The van der Waals surface area contributed by atoms with Gasteiger partial charge in [-0.2, -0.15) is 13.2 Å². The molecule has 1 heterocycles. The van der Waals surface area contributed by atoms with Crippen molar-refractivity contribution in [3.63, 3.8) is 0 Å². The summed E-state index contributed by atoms with van der Waals surface area (Å²) in [6.07, 6.45) is -2.87. The number of nitrogens with one attached hydrogen (secondary N) is 1. The number of pyridine rings is 1. The Labute approximate surface area is 104 Å². The molecule has 0 amide bonds. The van der Waals surface area contributed by atoms with Crippen LogP contribution in [0.5, 0.6) is 0 Å². The second-order valence-corrected chi connectivity index (χ2v) is 4.58. The summed E-state index contributed by atoms with van der Waals surface area (Å²) >= 11 is 0. The third-order valence-corrected chi connectivity index (χ3v) is 2.42. The number of halogens is 3.